The minimum absolute atomic E-state index is 0.278. The molecule has 0 bridgehead atoms. The number of morpholine rings is 1. The molecule has 6 heteroatoms. The van der Waals surface area contributed by atoms with Crippen LogP contribution in [0.4, 0.5) is 5.82 Å². The number of carbonyl (C=O) groups excluding carboxylic acids is 1. The molecule has 128 valence electrons. The highest BCUT2D eigenvalue weighted by atomic mass is 16.5. The molecule has 1 aromatic carbocycles. The van der Waals surface area contributed by atoms with Crippen molar-refractivity contribution < 1.29 is 19.3 Å². The SMILES string of the molecule is CCOC(=O)c1cc(C#N)c(N2CCOCC2)[nH+]c1-c1ccccc1. The molecule has 1 saturated heterocycles. The monoisotopic (exact) mass is 338 g/mol. The van der Waals surface area contributed by atoms with Crippen molar-refractivity contribution in [3.8, 4) is 17.3 Å². The number of pyridine rings is 1. The minimum Gasteiger partial charge on any atom is -0.462 e. The maximum atomic E-state index is 12.4. The number of nitrogens with one attached hydrogen (secondary N) is 1. The molecule has 2 heterocycles. The quantitative estimate of drug-likeness (QED) is 0.798. The van der Waals surface area contributed by atoms with Gasteiger partial charge in [-0.2, -0.15) is 5.26 Å². The van der Waals surface area contributed by atoms with Crippen LogP contribution < -0.4 is 9.88 Å². The fourth-order valence-corrected chi connectivity index (χ4v) is 2.86. The summed E-state index contributed by atoms with van der Waals surface area (Å²) in [6.45, 7) is 4.64. The number of H-pyrrole nitrogens is 1. The summed E-state index contributed by atoms with van der Waals surface area (Å²) in [5, 5.41) is 9.57. The van der Waals surface area contributed by atoms with Crippen LogP contribution in [0.1, 0.15) is 22.8 Å². The van der Waals surface area contributed by atoms with Crippen LogP contribution in [0, 0.1) is 11.3 Å². The van der Waals surface area contributed by atoms with E-state index in [1.807, 2.05) is 30.3 Å². The number of ether oxygens (including phenoxy) is 2. The Labute approximate surface area is 146 Å². The standard InChI is InChI=1S/C19H19N3O3/c1-2-25-19(23)16-12-15(13-20)18(22-8-10-24-11-9-22)21-17(16)14-6-4-3-5-7-14/h3-7,12H,2,8-11H2,1H3/p+1. The van der Waals surface area contributed by atoms with Gasteiger partial charge in [0.15, 0.2) is 0 Å². The second-order valence-corrected chi connectivity index (χ2v) is 5.62. The molecular weight excluding hydrogens is 318 g/mol. The van der Waals surface area contributed by atoms with Gasteiger partial charge in [0.25, 0.3) is 5.82 Å². The lowest BCUT2D eigenvalue weighted by Crippen LogP contribution is -2.40. The van der Waals surface area contributed by atoms with E-state index in [0.717, 1.165) is 5.56 Å². The van der Waals surface area contributed by atoms with Gasteiger partial charge in [-0.05, 0) is 13.0 Å². The van der Waals surface area contributed by atoms with Crippen molar-refractivity contribution in [2.75, 3.05) is 37.8 Å². The van der Waals surface area contributed by atoms with Crippen molar-refractivity contribution in [2.45, 2.75) is 6.92 Å². The van der Waals surface area contributed by atoms with Gasteiger partial charge in [-0.25, -0.2) is 9.78 Å². The summed E-state index contributed by atoms with van der Waals surface area (Å²) >= 11 is 0. The number of nitrogens with zero attached hydrogens (tertiary/aromatic N) is 2. The smallest absolute Gasteiger partial charge is 0.342 e. The van der Waals surface area contributed by atoms with E-state index in [0.29, 0.717) is 48.9 Å². The number of aromatic amines is 1. The van der Waals surface area contributed by atoms with Gasteiger partial charge in [0.2, 0.25) is 0 Å². The van der Waals surface area contributed by atoms with E-state index in [2.05, 4.69) is 16.0 Å². The van der Waals surface area contributed by atoms with Crippen molar-refractivity contribution in [1.82, 2.24) is 0 Å². The summed E-state index contributed by atoms with van der Waals surface area (Å²) in [4.78, 5) is 17.8. The van der Waals surface area contributed by atoms with E-state index in [1.165, 1.54) is 0 Å². The Kier molecular flexibility index (Phi) is 5.26. The zero-order valence-electron chi connectivity index (χ0n) is 14.1. The highest BCUT2D eigenvalue weighted by molar-refractivity contribution is 5.96. The molecule has 0 unspecified atom stereocenters. The van der Waals surface area contributed by atoms with Crippen LogP contribution in [0.2, 0.25) is 0 Å². The summed E-state index contributed by atoms with van der Waals surface area (Å²) in [5.74, 6) is 0.264. The van der Waals surface area contributed by atoms with Crippen molar-refractivity contribution in [1.29, 1.82) is 5.26 Å². The van der Waals surface area contributed by atoms with E-state index in [-0.39, 0.29) is 6.61 Å². The predicted molar refractivity (Wildman–Crippen MR) is 92.1 cm³/mol. The largest absolute Gasteiger partial charge is 0.462 e. The molecule has 0 amide bonds. The number of hydrogen-bond acceptors (Lipinski definition) is 5. The summed E-state index contributed by atoms with van der Waals surface area (Å²) in [6, 6.07) is 13.4. The molecule has 1 aliphatic heterocycles. The molecule has 2 aromatic rings. The molecule has 0 saturated carbocycles. The first-order chi connectivity index (χ1) is 12.2. The van der Waals surface area contributed by atoms with Crippen LogP contribution in [0.3, 0.4) is 0 Å². The average Bonchev–Trinajstić information content (AvgIpc) is 2.68. The zero-order valence-corrected chi connectivity index (χ0v) is 14.1. The Hall–Kier alpha value is -2.91. The molecule has 1 fully saturated rings. The summed E-state index contributed by atoms with van der Waals surface area (Å²) < 4.78 is 10.6. The van der Waals surface area contributed by atoms with E-state index < -0.39 is 5.97 Å². The molecule has 25 heavy (non-hydrogen) atoms. The lowest BCUT2D eigenvalue weighted by molar-refractivity contribution is -0.351. The molecule has 0 spiro atoms. The summed E-state index contributed by atoms with van der Waals surface area (Å²) in [6.07, 6.45) is 0. The van der Waals surface area contributed by atoms with Gasteiger partial charge in [-0.3, -0.25) is 4.90 Å². The third-order valence-electron chi connectivity index (χ3n) is 4.06. The molecule has 0 atom stereocenters. The highest BCUT2D eigenvalue weighted by Gasteiger charge is 2.28. The molecule has 6 nitrogen and oxygen atoms in total. The summed E-state index contributed by atoms with van der Waals surface area (Å²) in [5.41, 5.74) is 2.30. The van der Waals surface area contributed by atoms with Crippen LogP contribution in [-0.4, -0.2) is 38.9 Å². The Morgan fingerprint density at radius 1 is 1.32 bits per heavy atom. The van der Waals surface area contributed by atoms with Gasteiger partial charge in [-0.1, -0.05) is 30.3 Å². The summed E-state index contributed by atoms with van der Waals surface area (Å²) in [7, 11) is 0. The first kappa shape index (κ1) is 16.9. The number of hydrogen-bond donors (Lipinski definition) is 0. The van der Waals surface area contributed by atoms with Gasteiger partial charge >= 0.3 is 5.97 Å². The van der Waals surface area contributed by atoms with Crippen molar-refractivity contribution >= 4 is 11.8 Å². The molecule has 0 aliphatic carbocycles. The Balaban J connectivity index is 2.15. The number of benzene rings is 1. The van der Waals surface area contributed by atoms with Crippen LogP contribution in [-0.2, 0) is 9.47 Å². The minimum atomic E-state index is -0.442. The Morgan fingerprint density at radius 3 is 2.68 bits per heavy atom. The van der Waals surface area contributed by atoms with Gasteiger partial charge in [-0.15, -0.1) is 0 Å². The first-order valence-electron chi connectivity index (χ1n) is 8.30. The van der Waals surface area contributed by atoms with Gasteiger partial charge in [0, 0.05) is 5.56 Å². The number of anilines is 1. The van der Waals surface area contributed by atoms with Crippen molar-refractivity contribution in [3.05, 3.63) is 47.5 Å². The number of nitriles is 1. The maximum Gasteiger partial charge on any atom is 0.342 e. The molecule has 3 rings (SSSR count). The Morgan fingerprint density at radius 2 is 2.04 bits per heavy atom. The fourth-order valence-electron chi connectivity index (χ4n) is 2.86. The van der Waals surface area contributed by atoms with Crippen LogP contribution in [0.15, 0.2) is 36.4 Å². The molecule has 0 radical (unpaired) electrons. The van der Waals surface area contributed by atoms with E-state index >= 15 is 0 Å². The number of carbonyl (C=O) groups is 1. The predicted octanol–water partition coefficient (Wildman–Crippen LogP) is 2.05. The highest BCUT2D eigenvalue weighted by Crippen LogP contribution is 2.25. The van der Waals surface area contributed by atoms with E-state index in [4.69, 9.17) is 9.47 Å². The normalized spacial score (nSPS) is 14.0. The third-order valence-corrected chi connectivity index (χ3v) is 4.06. The third kappa shape index (κ3) is 3.62. The average molecular weight is 338 g/mol. The number of aromatic nitrogens is 1. The lowest BCUT2D eigenvalue weighted by atomic mass is 10.0. The van der Waals surface area contributed by atoms with E-state index in [1.54, 1.807) is 13.0 Å². The molecule has 1 aromatic heterocycles. The topological polar surface area (TPSA) is 76.7 Å². The van der Waals surface area contributed by atoms with Crippen LogP contribution >= 0.6 is 0 Å². The van der Waals surface area contributed by atoms with Gasteiger partial charge in [0.05, 0.1) is 19.8 Å². The van der Waals surface area contributed by atoms with Crippen molar-refractivity contribution in [2.24, 2.45) is 0 Å². The fraction of sp³-hybridized carbons (Fsp3) is 0.316. The van der Waals surface area contributed by atoms with Gasteiger partial charge in [0.1, 0.15) is 36.0 Å². The first-order valence-corrected chi connectivity index (χ1v) is 8.30. The van der Waals surface area contributed by atoms with Crippen LogP contribution in [0.25, 0.3) is 11.3 Å². The number of esters is 1. The molecule has 1 N–H and O–H groups in total. The second kappa shape index (κ2) is 7.77. The second-order valence-electron chi connectivity index (χ2n) is 5.62. The molecule has 1 aliphatic rings. The van der Waals surface area contributed by atoms with E-state index in [9.17, 15) is 10.1 Å². The Bertz CT molecular complexity index is 794. The molecular formula is C19H20N3O3+. The maximum absolute atomic E-state index is 12.4. The lowest BCUT2D eigenvalue weighted by Gasteiger charge is -2.22. The van der Waals surface area contributed by atoms with Crippen LogP contribution in [0.5, 0.6) is 0 Å². The van der Waals surface area contributed by atoms with Gasteiger partial charge < -0.3 is 9.47 Å². The zero-order chi connectivity index (χ0) is 17.6. The van der Waals surface area contributed by atoms with Crippen molar-refractivity contribution in [3.63, 3.8) is 0 Å². The number of rotatable bonds is 4.